The maximum atomic E-state index is 11.6. The van der Waals surface area contributed by atoms with Crippen molar-refractivity contribution in [1.82, 2.24) is 10.3 Å². The van der Waals surface area contributed by atoms with Crippen LogP contribution in [0.4, 0.5) is 5.69 Å². The van der Waals surface area contributed by atoms with Gasteiger partial charge in [0.25, 0.3) is 0 Å². The van der Waals surface area contributed by atoms with Crippen LogP contribution < -0.4 is 10.0 Å². The van der Waals surface area contributed by atoms with Crippen molar-refractivity contribution >= 4 is 15.7 Å². The summed E-state index contributed by atoms with van der Waals surface area (Å²) >= 11 is 0. The zero-order valence-electron chi connectivity index (χ0n) is 9.47. The van der Waals surface area contributed by atoms with E-state index in [9.17, 15) is 8.42 Å². The lowest BCUT2D eigenvalue weighted by molar-refractivity contribution is 0.582. The van der Waals surface area contributed by atoms with Crippen LogP contribution in [0.5, 0.6) is 0 Å². The Morgan fingerprint density at radius 1 is 1.44 bits per heavy atom. The Balaban J connectivity index is 2.46. The Kier molecular flexibility index (Phi) is 4.70. The van der Waals surface area contributed by atoms with Gasteiger partial charge >= 0.3 is 0 Å². The molecule has 0 amide bonds. The molecule has 0 spiro atoms. The summed E-state index contributed by atoms with van der Waals surface area (Å²) < 4.78 is 25.7. The lowest BCUT2D eigenvalue weighted by Gasteiger charge is -2.10. The molecule has 5 nitrogen and oxygen atoms in total. The summed E-state index contributed by atoms with van der Waals surface area (Å²) in [6.07, 6.45) is 3.07. The number of hydrogen-bond donors (Lipinski definition) is 2. The largest absolute Gasteiger partial charge is 0.313 e. The van der Waals surface area contributed by atoms with Crippen LogP contribution in [0.1, 0.15) is 13.8 Å². The van der Waals surface area contributed by atoms with E-state index >= 15 is 0 Å². The third-order valence-electron chi connectivity index (χ3n) is 1.86. The van der Waals surface area contributed by atoms with E-state index < -0.39 is 10.0 Å². The molecule has 1 rings (SSSR count). The highest BCUT2D eigenvalue weighted by Gasteiger charge is 2.09. The van der Waals surface area contributed by atoms with Gasteiger partial charge in [-0.25, -0.2) is 8.42 Å². The number of aromatic nitrogens is 1. The van der Waals surface area contributed by atoms with E-state index in [0.717, 1.165) is 0 Å². The molecular formula is C10H17N3O2S. The predicted molar refractivity (Wildman–Crippen MR) is 64.8 cm³/mol. The second-order valence-corrected chi connectivity index (χ2v) is 5.61. The van der Waals surface area contributed by atoms with Gasteiger partial charge < -0.3 is 5.32 Å². The molecule has 0 aliphatic heterocycles. The summed E-state index contributed by atoms with van der Waals surface area (Å²) in [5.74, 6) is 0.0556. The van der Waals surface area contributed by atoms with Crippen LogP contribution in [0, 0.1) is 0 Å². The fraction of sp³-hybridized carbons (Fsp3) is 0.500. The molecule has 16 heavy (non-hydrogen) atoms. The molecule has 0 bridgehead atoms. The summed E-state index contributed by atoms with van der Waals surface area (Å²) in [5, 5.41) is 3.05. The van der Waals surface area contributed by atoms with E-state index in [1.54, 1.807) is 18.3 Å². The Hall–Kier alpha value is -1.14. The van der Waals surface area contributed by atoms with Crippen LogP contribution in [0.3, 0.4) is 0 Å². The quantitative estimate of drug-likeness (QED) is 0.776. The smallest absolute Gasteiger partial charge is 0.234 e. The van der Waals surface area contributed by atoms with Gasteiger partial charge in [-0.2, -0.15) is 0 Å². The minimum atomic E-state index is -3.28. The minimum Gasteiger partial charge on any atom is -0.313 e. The van der Waals surface area contributed by atoms with Crippen molar-refractivity contribution in [3.05, 3.63) is 24.5 Å². The van der Waals surface area contributed by atoms with Crippen LogP contribution in [0.15, 0.2) is 24.5 Å². The molecule has 6 heteroatoms. The van der Waals surface area contributed by atoms with Crippen LogP contribution >= 0.6 is 0 Å². The summed E-state index contributed by atoms with van der Waals surface area (Å²) in [7, 11) is -3.28. The molecule has 0 atom stereocenters. The molecule has 1 aromatic rings. The van der Waals surface area contributed by atoms with Crippen molar-refractivity contribution < 1.29 is 8.42 Å². The van der Waals surface area contributed by atoms with E-state index in [1.807, 2.05) is 13.8 Å². The van der Waals surface area contributed by atoms with Gasteiger partial charge in [0.15, 0.2) is 0 Å². The zero-order valence-corrected chi connectivity index (χ0v) is 10.3. The Morgan fingerprint density at radius 3 is 2.75 bits per heavy atom. The summed E-state index contributed by atoms with van der Waals surface area (Å²) in [6.45, 7) is 4.38. The normalized spacial score (nSPS) is 11.7. The van der Waals surface area contributed by atoms with Gasteiger partial charge in [0.1, 0.15) is 0 Å². The number of rotatable bonds is 6. The van der Waals surface area contributed by atoms with Crippen LogP contribution in [-0.4, -0.2) is 31.7 Å². The maximum Gasteiger partial charge on any atom is 0.234 e. The number of hydrogen-bond acceptors (Lipinski definition) is 4. The van der Waals surface area contributed by atoms with Gasteiger partial charge in [0.05, 0.1) is 17.6 Å². The lowest BCUT2D eigenvalue weighted by Crippen LogP contribution is -2.30. The first-order valence-corrected chi connectivity index (χ1v) is 6.79. The van der Waals surface area contributed by atoms with E-state index in [4.69, 9.17) is 0 Å². The topological polar surface area (TPSA) is 71.1 Å². The van der Waals surface area contributed by atoms with Crippen LogP contribution in [0.2, 0.25) is 0 Å². The van der Waals surface area contributed by atoms with Crippen molar-refractivity contribution in [2.24, 2.45) is 0 Å². The maximum absolute atomic E-state index is 11.6. The SMILES string of the molecule is CC(C)NCCS(=O)(=O)Nc1cccnc1. The predicted octanol–water partition coefficient (Wildman–Crippen LogP) is 0.821. The first kappa shape index (κ1) is 12.9. The Morgan fingerprint density at radius 2 is 2.19 bits per heavy atom. The molecule has 0 aliphatic rings. The van der Waals surface area contributed by atoms with E-state index in [2.05, 4.69) is 15.0 Å². The molecule has 0 aliphatic carbocycles. The van der Waals surface area contributed by atoms with Gasteiger partial charge in [-0.1, -0.05) is 13.8 Å². The molecule has 0 aromatic carbocycles. The van der Waals surface area contributed by atoms with Crippen LogP contribution in [-0.2, 0) is 10.0 Å². The van der Waals surface area contributed by atoms with Gasteiger partial charge in [-0.3, -0.25) is 9.71 Å². The average Bonchev–Trinajstić information content (AvgIpc) is 2.17. The number of pyridine rings is 1. The summed E-state index contributed by atoms with van der Waals surface area (Å²) in [6, 6.07) is 3.64. The zero-order chi connectivity index (χ0) is 12.0. The lowest BCUT2D eigenvalue weighted by atomic mass is 10.4. The first-order chi connectivity index (χ1) is 7.49. The Bertz CT molecular complexity index is 403. The van der Waals surface area contributed by atoms with E-state index in [0.29, 0.717) is 12.2 Å². The average molecular weight is 243 g/mol. The fourth-order valence-corrected chi connectivity index (χ4v) is 2.10. The monoisotopic (exact) mass is 243 g/mol. The molecule has 0 radical (unpaired) electrons. The number of anilines is 1. The molecule has 0 unspecified atom stereocenters. The van der Waals surface area contributed by atoms with Gasteiger partial charge in [-0.05, 0) is 12.1 Å². The fourth-order valence-electron chi connectivity index (χ4n) is 1.14. The van der Waals surface area contributed by atoms with Crippen molar-refractivity contribution in [3.8, 4) is 0 Å². The Labute approximate surface area is 96.3 Å². The second-order valence-electron chi connectivity index (χ2n) is 3.77. The molecular weight excluding hydrogens is 226 g/mol. The highest BCUT2D eigenvalue weighted by molar-refractivity contribution is 7.92. The molecule has 90 valence electrons. The molecule has 2 N–H and O–H groups in total. The van der Waals surface area contributed by atoms with Crippen molar-refractivity contribution in [2.75, 3.05) is 17.0 Å². The number of nitrogens with zero attached hydrogens (tertiary/aromatic N) is 1. The second kappa shape index (κ2) is 5.81. The highest BCUT2D eigenvalue weighted by atomic mass is 32.2. The minimum absolute atomic E-state index is 0.0556. The summed E-state index contributed by atoms with van der Waals surface area (Å²) in [4.78, 5) is 3.83. The van der Waals surface area contributed by atoms with Crippen LogP contribution in [0.25, 0.3) is 0 Å². The summed E-state index contributed by atoms with van der Waals surface area (Å²) in [5.41, 5.74) is 0.493. The van der Waals surface area contributed by atoms with E-state index in [1.165, 1.54) is 6.20 Å². The molecule has 0 saturated carbocycles. The third kappa shape index (κ3) is 5.09. The molecule has 1 heterocycles. The van der Waals surface area contributed by atoms with Crippen molar-refractivity contribution in [3.63, 3.8) is 0 Å². The standard InChI is InChI=1S/C10H17N3O2S/c1-9(2)12-6-7-16(14,15)13-10-4-3-5-11-8-10/h3-5,8-9,12-13H,6-7H2,1-2H3. The van der Waals surface area contributed by atoms with Crippen molar-refractivity contribution in [1.29, 1.82) is 0 Å². The molecule has 0 fully saturated rings. The van der Waals surface area contributed by atoms with Gasteiger partial charge in [0, 0.05) is 18.8 Å². The first-order valence-electron chi connectivity index (χ1n) is 5.13. The van der Waals surface area contributed by atoms with Crippen molar-refractivity contribution in [2.45, 2.75) is 19.9 Å². The number of sulfonamides is 1. The highest BCUT2D eigenvalue weighted by Crippen LogP contribution is 2.05. The van der Waals surface area contributed by atoms with Gasteiger partial charge in [-0.15, -0.1) is 0 Å². The van der Waals surface area contributed by atoms with E-state index in [-0.39, 0.29) is 11.8 Å². The van der Waals surface area contributed by atoms with Gasteiger partial charge in [0.2, 0.25) is 10.0 Å². The molecule has 0 saturated heterocycles. The molecule has 1 aromatic heterocycles. The third-order valence-corrected chi connectivity index (χ3v) is 3.15. The number of nitrogens with one attached hydrogen (secondary N) is 2.